The number of ether oxygens (including phenoxy) is 1. The topological polar surface area (TPSA) is 75.8 Å². The third-order valence-electron chi connectivity index (χ3n) is 5.02. The number of benzene rings is 3. The van der Waals surface area contributed by atoms with Crippen LogP contribution in [0.4, 0.5) is 5.69 Å². The molecule has 6 nitrogen and oxygen atoms in total. The van der Waals surface area contributed by atoms with Crippen molar-refractivity contribution in [3.63, 3.8) is 0 Å². The monoisotopic (exact) mass is 408 g/mol. The summed E-state index contributed by atoms with van der Waals surface area (Å²) < 4.78 is 7.50. The van der Waals surface area contributed by atoms with Crippen LogP contribution in [0.5, 0.6) is 11.5 Å². The normalized spacial score (nSPS) is 16.2. The molecule has 1 unspecified atom stereocenters. The summed E-state index contributed by atoms with van der Waals surface area (Å²) in [6.45, 7) is 0.690. The molecule has 7 heteroatoms. The van der Waals surface area contributed by atoms with E-state index >= 15 is 0 Å². The Morgan fingerprint density at radius 1 is 1.14 bits per heavy atom. The van der Waals surface area contributed by atoms with Crippen LogP contribution in [-0.2, 0) is 6.42 Å². The Balaban J connectivity index is 1.80. The third kappa shape index (κ3) is 3.79. The van der Waals surface area contributed by atoms with Crippen LogP contribution in [0, 0.1) is 10.1 Å². The summed E-state index contributed by atoms with van der Waals surface area (Å²) in [6.07, 6.45) is 0.726. The van der Waals surface area contributed by atoms with E-state index in [9.17, 15) is 15.2 Å². The molecule has 4 rings (SSSR count). The summed E-state index contributed by atoms with van der Waals surface area (Å²) in [5, 5.41) is 21.7. The molecule has 1 N–H and O–H groups in total. The fourth-order valence-electron chi connectivity index (χ4n) is 3.67. The summed E-state index contributed by atoms with van der Waals surface area (Å²) in [7, 11) is 1.53. The van der Waals surface area contributed by atoms with Crippen molar-refractivity contribution in [1.29, 1.82) is 0 Å². The zero-order valence-corrected chi connectivity index (χ0v) is 16.6. The number of para-hydroxylation sites is 1. The maximum atomic E-state index is 11.5. The van der Waals surface area contributed by atoms with Crippen molar-refractivity contribution in [3.8, 4) is 11.5 Å². The van der Waals surface area contributed by atoms with Gasteiger partial charge >= 0.3 is 0 Å². The fourth-order valence-corrected chi connectivity index (χ4v) is 4.82. The highest BCUT2D eigenvalue weighted by atomic mass is 32.2. The van der Waals surface area contributed by atoms with Gasteiger partial charge < -0.3 is 9.84 Å². The highest BCUT2D eigenvalue weighted by Gasteiger charge is 2.32. The van der Waals surface area contributed by atoms with E-state index in [4.69, 9.17) is 4.74 Å². The second-order valence-corrected chi connectivity index (χ2v) is 7.83. The molecule has 0 spiro atoms. The first-order chi connectivity index (χ1) is 14.1. The van der Waals surface area contributed by atoms with Gasteiger partial charge in [0.1, 0.15) is 4.90 Å². The minimum absolute atomic E-state index is 0.0957. The molecule has 3 aromatic carbocycles. The molecule has 0 saturated carbocycles. The fraction of sp³-hybridized carbons (Fsp3) is 0.182. The number of methoxy groups -OCH3 is 1. The van der Waals surface area contributed by atoms with Gasteiger partial charge in [0.05, 0.1) is 18.1 Å². The van der Waals surface area contributed by atoms with Gasteiger partial charge in [-0.1, -0.05) is 42.5 Å². The van der Waals surface area contributed by atoms with Crippen LogP contribution in [-0.4, -0.2) is 28.0 Å². The van der Waals surface area contributed by atoms with E-state index in [1.807, 2.05) is 42.5 Å². The second kappa shape index (κ2) is 8.14. The van der Waals surface area contributed by atoms with Crippen molar-refractivity contribution in [3.05, 3.63) is 93.5 Å². The standard InChI is InChI=1S/C22H20N2O4S/c1-28-20-14-17-16(13-19(20)25)11-12-23(22(17)15-7-3-2-4-8-15)29-21-10-6-5-9-18(21)24(26)27/h2-10,13-14,22,25H,11-12H2,1H3. The van der Waals surface area contributed by atoms with E-state index in [0.29, 0.717) is 17.2 Å². The van der Waals surface area contributed by atoms with Crippen LogP contribution in [0.15, 0.2) is 71.6 Å². The Kier molecular flexibility index (Phi) is 5.42. The molecule has 0 radical (unpaired) electrons. The highest BCUT2D eigenvalue weighted by Crippen LogP contribution is 2.45. The molecular weight excluding hydrogens is 388 g/mol. The quantitative estimate of drug-likeness (QED) is 0.365. The molecule has 1 heterocycles. The predicted molar refractivity (Wildman–Crippen MR) is 112 cm³/mol. The Morgan fingerprint density at radius 3 is 2.59 bits per heavy atom. The number of hydrogen-bond acceptors (Lipinski definition) is 6. The van der Waals surface area contributed by atoms with Gasteiger partial charge in [-0.15, -0.1) is 0 Å². The van der Waals surface area contributed by atoms with Gasteiger partial charge in [0.2, 0.25) is 0 Å². The number of aromatic hydroxyl groups is 1. The zero-order chi connectivity index (χ0) is 20.4. The molecule has 0 aromatic heterocycles. The molecule has 3 aromatic rings. The van der Waals surface area contributed by atoms with E-state index < -0.39 is 0 Å². The second-order valence-electron chi connectivity index (χ2n) is 6.74. The summed E-state index contributed by atoms with van der Waals surface area (Å²) in [5.41, 5.74) is 3.26. The van der Waals surface area contributed by atoms with Crippen molar-refractivity contribution in [2.45, 2.75) is 17.4 Å². The van der Waals surface area contributed by atoms with E-state index in [0.717, 1.165) is 23.1 Å². The van der Waals surface area contributed by atoms with E-state index in [-0.39, 0.29) is 22.4 Å². The highest BCUT2D eigenvalue weighted by molar-refractivity contribution is 7.97. The number of hydrogen-bond donors (Lipinski definition) is 1. The van der Waals surface area contributed by atoms with Crippen LogP contribution in [0.2, 0.25) is 0 Å². The molecular formula is C22H20N2O4S. The number of rotatable bonds is 5. The van der Waals surface area contributed by atoms with Gasteiger partial charge in [0.15, 0.2) is 11.5 Å². The Labute approximate surface area is 173 Å². The van der Waals surface area contributed by atoms with Crippen LogP contribution in [0.1, 0.15) is 22.7 Å². The average Bonchev–Trinajstić information content (AvgIpc) is 2.74. The van der Waals surface area contributed by atoms with Crippen molar-refractivity contribution in [2.24, 2.45) is 0 Å². The minimum atomic E-state index is -0.348. The van der Waals surface area contributed by atoms with Gasteiger partial charge in [-0.3, -0.25) is 10.1 Å². The lowest BCUT2D eigenvalue weighted by molar-refractivity contribution is -0.387. The summed E-state index contributed by atoms with van der Waals surface area (Å²) in [6, 6.07) is 20.3. The molecule has 0 bridgehead atoms. The van der Waals surface area contributed by atoms with Crippen molar-refractivity contribution >= 4 is 17.6 Å². The number of nitro groups is 1. The lowest BCUT2D eigenvalue weighted by Gasteiger charge is -2.36. The van der Waals surface area contributed by atoms with E-state index in [1.54, 1.807) is 18.2 Å². The largest absolute Gasteiger partial charge is 0.504 e. The van der Waals surface area contributed by atoms with E-state index in [1.165, 1.54) is 25.1 Å². The SMILES string of the molecule is COc1cc2c(cc1O)CCN(Sc1ccccc1[N+](=O)[O-])C2c1ccccc1. The van der Waals surface area contributed by atoms with Gasteiger partial charge in [0, 0.05) is 12.6 Å². The molecule has 0 aliphatic carbocycles. The number of fused-ring (bicyclic) bond motifs is 1. The molecule has 1 atom stereocenters. The first-order valence-electron chi connectivity index (χ1n) is 9.21. The van der Waals surface area contributed by atoms with Gasteiger partial charge in [-0.05, 0) is 53.3 Å². The smallest absolute Gasteiger partial charge is 0.284 e. The van der Waals surface area contributed by atoms with Crippen LogP contribution >= 0.6 is 11.9 Å². The lowest BCUT2D eigenvalue weighted by atomic mass is 9.89. The maximum Gasteiger partial charge on any atom is 0.284 e. The Bertz CT molecular complexity index is 1040. The van der Waals surface area contributed by atoms with Crippen molar-refractivity contribution < 1.29 is 14.8 Å². The number of nitrogens with zero attached hydrogens (tertiary/aromatic N) is 2. The Morgan fingerprint density at radius 2 is 1.86 bits per heavy atom. The number of phenols is 1. The Hall–Kier alpha value is -3.03. The predicted octanol–water partition coefficient (Wildman–Crippen LogP) is 4.96. The maximum absolute atomic E-state index is 11.5. The van der Waals surface area contributed by atoms with Crippen LogP contribution in [0.25, 0.3) is 0 Å². The third-order valence-corrected chi connectivity index (χ3v) is 6.19. The summed E-state index contributed by atoms with van der Waals surface area (Å²) >= 11 is 1.39. The molecule has 0 amide bonds. The van der Waals surface area contributed by atoms with Crippen molar-refractivity contribution in [1.82, 2.24) is 4.31 Å². The molecule has 1 aliphatic rings. The number of phenolic OH excluding ortho intramolecular Hbond substituents is 1. The first-order valence-corrected chi connectivity index (χ1v) is 9.98. The summed E-state index contributed by atoms with van der Waals surface area (Å²) in [4.78, 5) is 11.7. The van der Waals surface area contributed by atoms with Crippen molar-refractivity contribution in [2.75, 3.05) is 13.7 Å². The van der Waals surface area contributed by atoms with Crippen LogP contribution in [0.3, 0.4) is 0 Å². The first kappa shape index (κ1) is 19.3. The van der Waals surface area contributed by atoms with Gasteiger partial charge in [-0.2, -0.15) is 0 Å². The van der Waals surface area contributed by atoms with Crippen LogP contribution < -0.4 is 4.74 Å². The average molecular weight is 408 g/mol. The van der Waals surface area contributed by atoms with E-state index in [2.05, 4.69) is 4.31 Å². The molecule has 148 valence electrons. The van der Waals surface area contributed by atoms with Gasteiger partial charge in [0.25, 0.3) is 5.69 Å². The zero-order valence-electron chi connectivity index (χ0n) is 15.8. The summed E-state index contributed by atoms with van der Waals surface area (Å²) in [5.74, 6) is 0.542. The molecule has 29 heavy (non-hydrogen) atoms. The van der Waals surface area contributed by atoms with Gasteiger partial charge in [-0.25, -0.2) is 4.31 Å². The number of nitro benzene ring substituents is 1. The lowest BCUT2D eigenvalue weighted by Crippen LogP contribution is -2.31. The molecule has 0 saturated heterocycles. The minimum Gasteiger partial charge on any atom is -0.504 e. The molecule has 1 aliphatic heterocycles. The molecule has 0 fully saturated rings.